The van der Waals surface area contributed by atoms with Gasteiger partial charge in [0, 0.05) is 6.42 Å². The zero-order chi connectivity index (χ0) is 11.5. The quantitative estimate of drug-likeness (QED) is 0.310. The summed E-state index contributed by atoms with van der Waals surface area (Å²) >= 11 is 1.89. The molecular formula is C13H25IO. The number of hydrogen-bond donors (Lipinski definition) is 0. The van der Waals surface area contributed by atoms with Crippen LogP contribution in [0.15, 0.2) is 0 Å². The lowest BCUT2D eigenvalue weighted by Gasteiger charge is -2.04. The Morgan fingerprint density at radius 2 is 1.40 bits per heavy atom. The van der Waals surface area contributed by atoms with Crippen LogP contribution in [0.1, 0.15) is 71.6 Å². The molecule has 0 bridgehead atoms. The van der Waals surface area contributed by atoms with E-state index in [1.54, 1.807) is 0 Å². The lowest BCUT2D eigenvalue weighted by atomic mass is 10.0. The number of unbranched alkanes of at least 4 members (excludes halogenated alkanes) is 6. The minimum Gasteiger partial charge on any atom is -0.288 e. The Morgan fingerprint density at radius 3 is 1.87 bits per heavy atom. The summed E-state index contributed by atoms with van der Waals surface area (Å²) in [5, 5.41) is 0. The van der Waals surface area contributed by atoms with E-state index in [0.717, 1.165) is 18.8 Å². The molecule has 0 N–H and O–H groups in total. The van der Waals surface area contributed by atoms with Crippen LogP contribution in [0.2, 0.25) is 0 Å². The Bertz CT molecular complexity index is 155. The van der Waals surface area contributed by atoms with E-state index in [1.807, 2.05) is 22.6 Å². The zero-order valence-electron chi connectivity index (χ0n) is 10.2. The number of hydrogen-bond acceptors (Lipinski definition) is 1. The van der Waals surface area contributed by atoms with E-state index in [0.29, 0.717) is 3.79 Å². The Hall–Kier alpha value is 0.400. The molecule has 0 rings (SSSR count). The van der Waals surface area contributed by atoms with Gasteiger partial charge in [0.15, 0.2) is 3.79 Å². The van der Waals surface area contributed by atoms with E-state index in [-0.39, 0.29) is 0 Å². The summed E-state index contributed by atoms with van der Waals surface area (Å²) in [5.41, 5.74) is 0. The topological polar surface area (TPSA) is 17.1 Å². The molecule has 0 heterocycles. The minimum atomic E-state index is 0.310. The van der Waals surface area contributed by atoms with Crippen molar-refractivity contribution in [3.05, 3.63) is 0 Å². The van der Waals surface area contributed by atoms with Gasteiger partial charge in [0.2, 0.25) is 0 Å². The molecule has 0 aromatic carbocycles. The third kappa shape index (κ3) is 14.4. The van der Waals surface area contributed by atoms with Crippen LogP contribution in [0.5, 0.6) is 0 Å². The van der Waals surface area contributed by atoms with Crippen molar-refractivity contribution in [3.63, 3.8) is 0 Å². The van der Waals surface area contributed by atoms with Crippen LogP contribution >= 0.6 is 22.6 Å². The van der Waals surface area contributed by atoms with Crippen LogP contribution in [0.3, 0.4) is 0 Å². The fourth-order valence-corrected chi connectivity index (χ4v) is 2.08. The molecule has 0 aliphatic carbocycles. The number of rotatable bonds is 10. The van der Waals surface area contributed by atoms with Gasteiger partial charge >= 0.3 is 0 Å². The maximum absolute atomic E-state index is 10.7. The van der Waals surface area contributed by atoms with Gasteiger partial charge in [0.25, 0.3) is 0 Å². The van der Waals surface area contributed by atoms with Gasteiger partial charge in [0.1, 0.15) is 0 Å². The first-order valence-corrected chi connectivity index (χ1v) is 7.39. The van der Waals surface area contributed by atoms with E-state index >= 15 is 0 Å². The Labute approximate surface area is 109 Å². The van der Waals surface area contributed by atoms with E-state index in [1.165, 1.54) is 44.9 Å². The van der Waals surface area contributed by atoms with Crippen LogP contribution in [0, 0.1) is 5.92 Å². The third-order valence-electron chi connectivity index (χ3n) is 2.65. The molecule has 0 aromatic heterocycles. The minimum absolute atomic E-state index is 0.310. The Balaban J connectivity index is 2.96. The highest BCUT2D eigenvalue weighted by atomic mass is 127. The van der Waals surface area contributed by atoms with Crippen LogP contribution < -0.4 is 0 Å². The summed E-state index contributed by atoms with van der Waals surface area (Å²) in [6, 6.07) is 0. The van der Waals surface area contributed by atoms with E-state index in [2.05, 4.69) is 13.8 Å². The lowest BCUT2D eigenvalue weighted by Crippen LogP contribution is -1.88. The van der Waals surface area contributed by atoms with Crippen molar-refractivity contribution in [2.45, 2.75) is 71.6 Å². The fraction of sp³-hybridized carbons (Fsp3) is 0.923. The first kappa shape index (κ1) is 15.4. The average Bonchev–Trinajstić information content (AvgIpc) is 2.14. The molecule has 0 amide bonds. The van der Waals surface area contributed by atoms with Crippen molar-refractivity contribution >= 4 is 26.4 Å². The summed E-state index contributed by atoms with van der Waals surface area (Å²) in [5.74, 6) is 0.861. The summed E-state index contributed by atoms with van der Waals surface area (Å²) in [6.45, 7) is 4.59. The molecule has 15 heavy (non-hydrogen) atoms. The highest BCUT2D eigenvalue weighted by molar-refractivity contribution is 14.1. The molecule has 0 saturated heterocycles. The molecular weight excluding hydrogens is 299 g/mol. The van der Waals surface area contributed by atoms with Gasteiger partial charge in [-0.25, -0.2) is 0 Å². The molecule has 0 atom stereocenters. The normalized spacial score (nSPS) is 10.9. The summed E-state index contributed by atoms with van der Waals surface area (Å²) in [4.78, 5) is 10.7. The molecule has 1 nitrogen and oxygen atoms in total. The van der Waals surface area contributed by atoms with Gasteiger partial charge in [0.05, 0.1) is 0 Å². The molecule has 0 radical (unpaired) electrons. The van der Waals surface area contributed by atoms with Gasteiger partial charge in [-0.3, -0.25) is 4.79 Å². The molecule has 0 aromatic rings. The molecule has 0 spiro atoms. The van der Waals surface area contributed by atoms with Gasteiger partial charge in [-0.1, -0.05) is 58.8 Å². The van der Waals surface area contributed by atoms with Crippen LogP contribution in [-0.4, -0.2) is 3.79 Å². The van der Waals surface area contributed by atoms with Gasteiger partial charge in [-0.15, -0.1) is 0 Å². The molecule has 0 saturated carbocycles. The molecule has 90 valence electrons. The largest absolute Gasteiger partial charge is 0.288 e. The Morgan fingerprint density at radius 1 is 0.933 bits per heavy atom. The third-order valence-corrected chi connectivity index (χ3v) is 3.19. The molecule has 0 fully saturated rings. The van der Waals surface area contributed by atoms with Crippen molar-refractivity contribution in [3.8, 4) is 0 Å². The van der Waals surface area contributed by atoms with Crippen LogP contribution in [-0.2, 0) is 4.79 Å². The van der Waals surface area contributed by atoms with Crippen molar-refractivity contribution in [2.75, 3.05) is 0 Å². The smallest absolute Gasteiger partial charge is 0.192 e. The standard InChI is InChI=1S/C13H25IO/c1-12(2)10-8-6-4-3-5-7-9-11-13(14)15/h12H,3-11H2,1-2H3. The van der Waals surface area contributed by atoms with E-state index in [9.17, 15) is 4.79 Å². The second-order valence-electron chi connectivity index (χ2n) is 4.76. The first-order chi connectivity index (χ1) is 7.13. The van der Waals surface area contributed by atoms with Crippen LogP contribution in [0.25, 0.3) is 0 Å². The van der Waals surface area contributed by atoms with E-state index < -0.39 is 0 Å². The SMILES string of the molecule is CC(C)CCCCCCCCCC(=O)I. The predicted octanol–water partition coefficient (Wildman–Crippen LogP) is 5.11. The second-order valence-corrected chi connectivity index (χ2v) is 5.97. The number of carbonyl (C=O) groups excluding carboxylic acids is 1. The first-order valence-electron chi connectivity index (χ1n) is 6.31. The molecule has 0 aliphatic rings. The van der Waals surface area contributed by atoms with Crippen molar-refractivity contribution in [1.29, 1.82) is 0 Å². The Kier molecular flexibility index (Phi) is 11.2. The highest BCUT2D eigenvalue weighted by Crippen LogP contribution is 2.12. The molecule has 0 unspecified atom stereocenters. The maximum Gasteiger partial charge on any atom is 0.192 e. The lowest BCUT2D eigenvalue weighted by molar-refractivity contribution is -0.109. The number of carbonyl (C=O) groups is 1. The van der Waals surface area contributed by atoms with Crippen molar-refractivity contribution in [1.82, 2.24) is 0 Å². The zero-order valence-corrected chi connectivity index (χ0v) is 12.4. The average molecular weight is 324 g/mol. The summed E-state index contributed by atoms with van der Waals surface area (Å²) in [7, 11) is 0. The van der Waals surface area contributed by atoms with Crippen LogP contribution in [0.4, 0.5) is 0 Å². The highest BCUT2D eigenvalue weighted by Gasteiger charge is 1.96. The van der Waals surface area contributed by atoms with Gasteiger partial charge in [-0.2, -0.15) is 0 Å². The summed E-state index contributed by atoms with van der Waals surface area (Å²) < 4.78 is 0.310. The number of halogens is 1. The maximum atomic E-state index is 10.7. The molecule has 0 aliphatic heterocycles. The fourth-order valence-electron chi connectivity index (χ4n) is 1.70. The monoisotopic (exact) mass is 324 g/mol. The van der Waals surface area contributed by atoms with Gasteiger partial charge in [-0.05, 0) is 34.9 Å². The van der Waals surface area contributed by atoms with Crippen molar-refractivity contribution in [2.24, 2.45) is 5.92 Å². The second kappa shape index (κ2) is 10.9. The van der Waals surface area contributed by atoms with E-state index in [4.69, 9.17) is 0 Å². The van der Waals surface area contributed by atoms with Gasteiger partial charge < -0.3 is 0 Å². The predicted molar refractivity (Wildman–Crippen MR) is 75.4 cm³/mol. The van der Waals surface area contributed by atoms with Crippen molar-refractivity contribution < 1.29 is 4.79 Å². The molecule has 2 heteroatoms. The summed E-state index contributed by atoms with van der Waals surface area (Å²) in [6.07, 6.45) is 11.3.